The molecule has 2 N–H and O–H groups in total. The van der Waals surface area contributed by atoms with Gasteiger partial charge in [0.2, 0.25) is 0 Å². The summed E-state index contributed by atoms with van der Waals surface area (Å²) < 4.78 is 10.8. The molecule has 1 aliphatic heterocycles. The van der Waals surface area contributed by atoms with Gasteiger partial charge < -0.3 is 25.0 Å². The van der Waals surface area contributed by atoms with Crippen LogP contribution in [-0.2, 0) is 6.54 Å². The van der Waals surface area contributed by atoms with Crippen molar-refractivity contribution in [3.8, 4) is 11.5 Å². The Morgan fingerprint density at radius 1 is 0.971 bits per heavy atom. The largest absolute Gasteiger partial charge is 0.497 e. The van der Waals surface area contributed by atoms with Crippen LogP contribution in [0.2, 0.25) is 0 Å². The molecule has 3 aromatic rings. The molecule has 184 valence electrons. The zero-order valence-corrected chi connectivity index (χ0v) is 20.8. The van der Waals surface area contributed by atoms with Gasteiger partial charge in [0.05, 0.1) is 20.3 Å². The van der Waals surface area contributed by atoms with E-state index in [9.17, 15) is 4.79 Å². The van der Waals surface area contributed by atoms with E-state index < -0.39 is 0 Å². The fourth-order valence-electron chi connectivity index (χ4n) is 4.52. The maximum absolute atomic E-state index is 12.7. The Kier molecular flexibility index (Phi) is 8.27. The fourth-order valence-corrected chi connectivity index (χ4v) is 4.52. The zero-order chi connectivity index (χ0) is 24.6. The van der Waals surface area contributed by atoms with Crippen molar-refractivity contribution < 1.29 is 14.3 Å². The first-order valence-electron chi connectivity index (χ1n) is 12.2. The molecule has 1 unspecified atom stereocenters. The molecule has 1 heterocycles. The van der Waals surface area contributed by atoms with Gasteiger partial charge in [0.1, 0.15) is 11.5 Å². The highest BCUT2D eigenvalue weighted by Gasteiger charge is 2.20. The lowest BCUT2D eigenvalue weighted by atomic mass is 10.0. The van der Waals surface area contributed by atoms with Gasteiger partial charge >= 0.3 is 0 Å². The predicted octanol–water partition coefficient (Wildman–Crippen LogP) is 4.95. The van der Waals surface area contributed by atoms with E-state index in [0.717, 1.165) is 60.8 Å². The highest BCUT2D eigenvalue weighted by Crippen LogP contribution is 2.26. The van der Waals surface area contributed by atoms with Gasteiger partial charge in [-0.1, -0.05) is 36.4 Å². The molecule has 0 spiro atoms. The molecular weight excluding hydrogens is 438 g/mol. The first-order chi connectivity index (χ1) is 17.1. The number of benzene rings is 3. The van der Waals surface area contributed by atoms with Gasteiger partial charge in [-0.15, -0.1) is 0 Å². The number of methoxy groups -OCH3 is 2. The number of piperidine rings is 1. The molecule has 6 nitrogen and oxygen atoms in total. The molecule has 6 heteroatoms. The molecule has 35 heavy (non-hydrogen) atoms. The van der Waals surface area contributed by atoms with Crippen LogP contribution < -0.4 is 25.0 Å². The van der Waals surface area contributed by atoms with E-state index in [1.165, 1.54) is 0 Å². The van der Waals surface area contributed by atoms with Crippen molar-refractivity contribution in [1.29, 1.82) is 0 Å². The Labute approximate surface area is 208 Å². The number of nitrogens with one attached hydrogen (secondary N) is 2. The summed E-state index contributed by atoms with van der Waals surface area (Å²) in [6.45, 7) is 4.73. The first kappa shape index (κ1) is 24.6. The van der Waals surface area contributed by atoms with Crippen LogP contribution in [0.4, 0.5) is 5.69 Å². The van der Waals surface area contributed by atoms with E-state index in [4.69, 9.17) is 9.47 Å². The number of ether oxygens (including phenoxy) is 2. The lowest BCUT2D eigenvalue weighted by Gasteiger charge is -2.34. The minimum atomic E-state index is -0.0511. The van der Waals surface area contributed by atoms with Crippen LogP contribution in [0.15, 0.2) is 72.8 Å². The molecule has 1 atom stereocenters. The number of hydrogen-bond donors (Lipinski definition) is 2. The molecule has 1 aliphatic rings. The average molecular weight is 474 g/mol. The summed E-state index contributed by atoms with van der Waals surface area (Å²) in [7, 11) is 3.35. The Morgan fingerprint density at radius 2 is 1.69 bits per heavy atom. The minimum Gasteiger partial charge on any atom is -0.497 e. The van der Waals surface area contributed by atoms with Crippen LogP contribution in [0, 0.1) is 0 Å². The molecular formula is C29H35N3O3. The van der Waals surface area contributed by atoms with Gasteiger partial charge in [-0.3, -0.25) is 4.79 Å². The Morgan fingerprint density at radius 3 is 2.34 bits per heavy atom. The third-order valence-corrected chi connectivity index (χ3v) is 6.71. The van der Waals surface area contributed by atoms with E-state index >= 15 is 0 Å². The molecule has 0 bridgehead atoms. The van der Waals surface area contributed by atoms with Crippen molar-refractivity contribution in [3.63, 3.8) is 0 Å². The first-order valence-corrected chi connectivity index (χ1v) is 12.2. The van der Waals surface area contributed by atoms with Crippen molar-refractivity contribution in [2.75, 3.05) is 32.2 Å². The van der Waals surface area contributed by atoms with Gasteiger partial charge in [-0.2, -0.15) is 0 Å². The monoisotopic (exact) mass is 473 g/mol. The topological polar surface area (TPSA) is 62.8 Å². The van der Waals surface area contributed by atoms with E-state index in [-0.39, 0.29) is 11.9 Å². The number of nitrogens with zero attached hydrogens (tertiary/aromatic N) is 1. The van der Waals surface area contributed by atoms with Gasteiger partial charge in [-0.05, 0) is 55.7 Å². The second-order valence-electron chi connectivity index (χ2n) is 8.97. The predicted molar refractivity (Wildman–Crippen MR) is 140 cm³/mol. The number of amides is 1. The van der Waals surface area contributed by atoms with Gasteiger partial charge in [0.15, 0.2) is 0 Å². The molecule has 4 rings (SSSR count). The molecule has 1 amide bonds. The lowest BCUT2D eigenvalue weighted by molar-refractivity contribution is 0.0940. The Balaban J connectivity index is 1.26. The summed E-state index contributed by atoms with van der Waals surface area (Å²) in [5, 5.41) is 6.76. The average Bonchev–Trinajstić information content (AvgIpc) is 2.92. The zero-order valence-electron chi connectivity index (χ0n) is 20.8. The summed E-state index contributed by atoms with van der Waals surface area (Å²) in [5.74, 6) is 1.59. The maximum Gasteiger partial charge on any atom is 0.251 e. The number of rotatable bonds is 9. The normalized spacial score (nSPS) is 14.9. The Bertz CT molecular complexity index is 1090. The molecule has 0 saturated carbocycles. The standard InChI is InChI=1S/C29H35N3O3/c1-21(22-7-5-4-6-8-22)31-29(33)23-9-12-26(13-10-23)32-17-15-25(16-18-32)30-20-24-11-14-27(34-2)19-28(24)35-3/h4-14,19,21,25,30H,15-18,20H2,1-3H3,(H,31,33). The summed E-state index contributed by atoms with van der Waals surface area (Å²) in [5.41, 5.74) is 4.07. The molecule has 3 aromatic carbocycles. The fraction of sp³-hybridized carbons (Fsp3) is 0.345. The van der Waals surface area contributed by atoms with Gasteiger partial charge in [-0.25, -0.2) is 0 Å². The van der Waals surface area contributed by atoms with E-state index in [2.05, 4.69) is 33.7 Å². The highest BCUT2D eigenvalue weighted by molar-refractivity contribution is 5.94. The van der Waals surface area contributed by atoms with Crippen LogP contribution in [0.25, 0.3) is 0 Å². The third kappa shape index (κ3) is 6.34. The summed E-state index contributed by atoms with van der Waals surface area (Å²) in [4.78, 5) is 15.1. The van der Waals surface area contributed by atoms with Crippen molar-refractivity contribution in [2.24, 2.45) is 0 Å². The lowest BCUT2D eigenvalue weighted by Crippen LogP contribution is -2.42. The van der Waals surface area contributed by atoms with E-state index in [1.807, 2.05) is 61.5 Å². The second-order valence-corrected chi connectivity index (χ2v) is 8.97. The highest BCUT2D eigenvalue weighted by atomic mass is 16.5. The molecule has 1 fully saturated rings. The van der Waals surface area contributed by atoms with Crippen LogP contribution in [0.5, 0.6) is 11.5 Å². The number of anilines is 1. The molecule has 0 radical (unpaired) electrons. The number of carbonyl (C=O) groups excluding carboxylic acids is 1. The van der Waals surface area contributed by atoms with Crippen LogP contribution in [-0.4, -0.2) is 39.3 Å². The summed E-state index contributed by atoms with van der Waals surface area (Å²) in [6.07, 6.45) is 2.13. The quantitative estimate of drug-likeness (QED) is 0.460. The SMILES string of the molecule is COc1ccc(CNC2CCN(c3ccc(C(=O)NC(C)c4ccccc4)cc3)CC2)c(OC)c1. The van der Waals surface area contributed by atoms with Crippen LogP contribution in [0.3, 0.4) is 0 Å². The van der Waals surface area contributed by atoms with Crippen molar-refractivity contribution >= 4 is 11.6 Å². The molecule has 0 aromatic heterocycles. The minimum absolute atomic E-state index is 0.0345. The molecule has 0 aliphatic carbocycles. The van der Waals surface area contributed by atoms with Crippen molar-refractivity contribution in [3.05, 3.63) is 89.5 Å². The second kappa shape index (κ2) is 11.8. The smallest absolute Gasteiger partial charge is 0.251 e. The summed E-state index contributed by atoms with van der Waals surface area (Å²) >= 11 is 0. The van der Waals surface area contributed by atoms with E-state index in [1.54, 1.807) is 14.2 Å². The van der Waals surface area contributed by atoms with Gasteiger partial charge in [0.25, 0.3) is 5.91 Å². The van der Waals surface area contributed by atoms with Crippen molar-refractivity contribution in [2.45, 2.75) is 38.4 Å². The summed E-state index contributed by atoms with van der Waals surface area (Å²) in [6, 6.07) is 24.3. The van der Waals surface area contributed by atoms with E-state index in [0.29, 0.717) is 11.6 Å². The van der Waals surface area contributed by atoms with Gasteiger partial charge in [0, 0.05) is 48.6 Å². The third-order valence-electron chi connectivity index (χ3n) is 6.71. The number of carbonyl (C=O) groups is 1. The van der Waals surface area contributed by atoms with Crippen molar-refractivity contribution in [1.82, 2.24) is 10.6 Å². The molecule has 1 saturated heterocycles. The number of hydrogen-bond acceptors (Lipinski definition) is 5. The Hall–Kier alpha value is -3.51. The van der Waals surface area contributed by atoms with Crippen LogP contribution in [0.1, 0.15) is 47.3 Å². The van der Waals surface area contributed by atoms with Crippen LogP contribution >= 0.6 is 0 Å². The maximum atomic E-state index is 12.7.